The molecule has 8 heteroatoms. The molecule has 3 heterocycles. The first-order chi connectivity index (χ1) is 13.7. The van der Waals surface area contributed by atoms with Crippen LogP contribution in [0.4, 0.5) is 11.8 Å². The summed E-state index contributed by atoms with van der Waals surface area (Å²) in [4.78, 5) is 32.2. The minimum atomic E-state index is -0.247. The molecule has 144 valence electrons. The number of aromatic nitrogens is 4. The lowest BCUT2D eigenvalue weighted by Crippen LogP contribution is -2.30. The molecule has 1 aromatic carbocycles. The van der Waals surface area contributed by atoms with E-state index in [4.69, 9.17) is 0 Å². The van der Waals surface area contributed by atoms with E-state index >= 15 is 0 Å². The summed E-state index contributed by atoms with van der Waals surface area (Å²) in [5.41, 5.74) is 2.71. The number of nitrogens with zero attached hydrogens (tertiary/aromatic N) is 5. The maximum absolute atomic E-state index is 12.3. The molecular weight excluding hydrogens is 354 g/mol. The molecule has 0 radical (unpaired) electrons. The van der Waals surface area contributed by atoms with Gasteiger partial charge < -0.3 is 15.5 Å². The average Bonchev–Trinajstić information content (AvgIpc) is 3.25. The highest BCUT2D eigenvalue weighted by Gasteiger charge is 2.15. The van der Waals surface area contributed by atoms with E-state index in [2.05, 4.69) is 35.5 Å². The van der Waals surface area contributed by atoms with Gasteiger partial charge in [0.2, 0.25) is 5.95 Å². The Morgan fingerprint density at radius 1 is 1.07 bits per heavy atom. The highest BCUT2D eigenvalue weighted by molar-refractivity contribution is 5.93. The number of para-hydroxylation sites is 2. The van der Waals surface area contributed by atoms with Crippen LogP contribution in [0.2, 0.25) is 0 Å². The number of hydrogen-bond acceptors (Lipinski definition) is 7. The molecule has 0 aliphatic carbocycles. The van der Waals surface area contributed by atoms with Gasteiger partial charge in [-0.3, -0.25) is 9.78 Å². The highest BCUT2D eigenvalue weighted by atomic mass is 16.1. The Hall–Kier alpha value is -3.29. The second-order valence-electron chi connectivity index (χ2n) is 6.81. The van der Waals surface area contributed by atoms with Gasteiger partial charge in [0, 0.05) is 37.9 Å². The SMILES string of the molecule is Cc1cc(N2CCCC2)nc(NCCNC(=O)c2cnc3ccccc3n2)n1. The molecule has 1 fully saturated rings. The molecule has 0 atom stereocenters. The Labute approximate surface area is 163 Å². The lowest BCUT2D eigenvalue weighted by atomic mass is 10.3. The van der Waals surface area contributed by atoms with Gasteiger partial charge in [-0.15, -0.1) is 0 Å². The largest absolute Gasteiger partial charge is 0.356 e. The summed E-state index contributed by atoms with van der Waals surface area (Å²) in [6.45, 7) is 5.00. The van der Waals surface area contributed by atoms with Gasteiger partial charge in [-0.1, -0.05) is 12.1 Å². The van der Waals surface area contributed by atoms with E-state index in [0.717, 1.165) is 30.1 Å². The van der Waals surface area contributed by atoms with E-state index in [1.54, 1.807) is 0 Å². The second-order valence-corrected chi connectivity index (χ2v) is 6.81. The van der Waals surface area contributed by atoms with Crippen LogP contribution < -0.4 is 15.5 Å². The Bertz CT molecular complexity index is 985. The van der Waals surface area contributed by atoms with Gasteiger partial charge in [0.15, 0.2) is 0 Å². The zero-order valence-electron chi connectivity index (χ0n) is 15.9. The van der Waals surface area contributed by atoms with Gasteiger partial charge in [-0.2, -0.15) is 4.98 Å². The van der Waals surface area contributed by atoms with Gasteiger partial charge in [-0.25, -0.2) is 9.97 Å². The summed E-state index contributed by atoms with van der Waals surface area (Å²) in [6.07, 6.45) is 3.90. The number of fused-ring (bicyclic) bond motifs is 1. The molecule has 1 aliphatic heterocycles. The van der Waals surface area contributed by atoms with E-state index in [0.29, 0.717) is 30.2 Å². The van der Waals surface area contributed by atoms with Gasteiger partial charge in [0.1, 0.15) is 11.5 Å². The van der Waals surface area contributed by atoms with Gasteiger partial charge >= 0.3 is 0 Å². The molecule has 8 nitrogen and oxygen atoms in total. The minimum Gasteiger partial charge on any atom is -0.356 e. The second kappa shape index (κ2) is 8.16. The first-order valence-electron chi connectivity index (χ1n) is 9.53. The fraction of sp³-hybridized carbons (Fsp3) is 0.350. The van der Waals surface area contributed by atoms with Crippen LogP contribution in [-0.4, -0.2) is 52.0 Å². The number of rotatable bonds is 6. The van der Waals surface area contributed by atoms with Gasteiger partial charge in [0.25, 0.3) is 5.91 Å². The Balaban J connectivity index is 1.32. The molecule has 2 N–H and O–H groups in total. The topological polar surface area (TPSA) is 95.9 Å². The third kappa shape index (κ3) is 4.16. The standard InChI is InChI=1S/C20H23N7O/c1-14-12-18(27-10-4-5-11-27)26-20(24-14)22-9-8-21-19(28)17-13-23-15-6-2-3-7-16(15)25-17/h2-3,6-7,12-13H,4-5,8-11H2,1H3,(H,21,28)(H,22,24,26). The number of carbonyl (C=O) groups is 1. The zero-order chi connectivity index (χ0) is 19.3. The first-order valence-corrected chi connectivity index (χ1v) is 9.53. The van der Waals surface area contributed by atoms with E-state index in [1.807, 2.05) is 37.3 Å². The fourth-order valence-corrected chi connectivity index (χ4v) is 3.25. The Kier molecular flexibility index (Phi) is 5.27. The normalized spacial score (nSPS) is 13.7. The maximum atomic E-state index is 12.3. The third-order valence-corrected chi connectivity index (χ3v) is 4.65. The Morgan fingerprint density at radius 3 is 2.68 bits per heavy atom. The smallest absolute Gasteiger partial charge is 0.271 e. The molecule has 0 bridgehead atoms. The van der Waals surface area contributed by atoms with Gasteiger partial charge in [-0.05, 0) is 31.9 Å². The summed E-state index contributed by atoms with van der Waals surface area (Å²) in [7, 11) is 0. The number of amides is 1. The van der Waals surface area contributed by atoms with E-state index in [-0.39, 0.29) is 5.91 Å². The molecule has 4 rings (SSSR count). The van der Waals surface area contributed by atoms with E-state index in [1.165, 1.54) is 19.0 Å². The molecule has 3 aromatic rings. The third-order valence-electron chi connectivity index (χ3n) is 4.65. The van der Waals surface area contributed by atoms with Crippen molar-refractivity contribution in [3.63, 3.8) is 0 Å². The highest BCUT2D eigenvalue weighted by Crippen LogP contribution is 2.19. The number of nitrogens with one attached hydrogen (secondary N) is 2. The molecule has 2 aromatic heterocycles. The monoisotopic (exact) mass is 377 g/mol. The van der Waals surface area contributed by atoms with Crippen LogP contribution in [0.25, 0.3) is 11.0 Å². The van der Waals surface area contributed by atoms with Crippen LogP contribution in [-0.2, 0) is 0 Å². The molecule has 0 saturated carbocycles. The molecular formula is C20H23N7O. The fourth-order valence-electron chi connectivity index (χ4n) is 3.25. The van der Waals surface area contributed by atoms with Crippen LogP contribution in [0.1, 0.15) is 29.0 Å². The van der Waals surface area contributed by atoms with E-state index < -0.39 is 0 Å². The molecule has 1 amide bonds. The minimum absolute atomic E-state index is 0.247. The summed E-state index contributed by atoms with van der Waals surface area (Å²) >= 11 is 0. The summed E-state index contributed by atoms with van der Waals surface area (Å²) in [5, 5.41) is 6.03. The van der Waals surface area contributed by atoms with Crippen LogP contribution in [0.5, 0.6) is 0 Å². The number of anilines is 2. The van der Waals surface area contributed by atoms with Crippen molar-refractivity contribution in [1.82, 2.24) is 25.3 Å². The predicted molar refractivity (Wildman–Crippen MR) is 109 cm³/mol. The van der Waals surface area contributed by atoms with Crippen LogP contribution in [0.3, 0.4) is 0 Å². The number of hydrogen-bond donors (Lipinski definition) is 2. The number of aryl methyl sites for hydroxylation is 1. The van der Waals surface area contributed by atoms with Crippen molar-refractivity contribution in [1.29, 1.82) is 0 Å². The Morgan fingerprint density at radius 2 is 1.86 bits per heavy atom. The summed E-state index contributed by atoms with van der Waals surface area (Å²) in [6, 6.07) is 9.49. The summed E-state index contributed by atoms with van der Waals surface area (Å²) < 4.78 is 0. The van der Waals surface area contributed by atoms with Crippen molar-refractivity contribution < 1.29 is 4.79 Å². The molecule has 1 aliphatic rings. The van der Waals surface area contributed by atoms with Crippen molar-refractivity contribution in [2.24, 2.45) is 0 Å². The molecule has 0 unspecified atom stereocenters. The van der Waals surface area contributed by atoms with Gasteiger partial charge in [0.05, 0.1) is 17.2 Å². The number of carbonyl (C=O) groups excluding carboxylic acids is 1. The summed E-state index contributed by atoms with van der Waals surface area (Å²) in [5.74, 6) is 1.30. The van der Waals surface area contributed by atoms with Crippen molar-refractivity contribution in [3.8, 4) is 0 Å². The predicted octanol–water partition coefficient (Wildman–Crippen LogP) is 2.17. The molecule has 28 heavy (non-hydrogen) atoms. The average molecular weight is 377 g/mol. The van der Waals surface area contributed by atoms with Crippen molar-refractivity contribution in [3.05, 3.63) is 47.9 Å². The van der Waals surface area contributed by atoms with Crippen molar-refractivity contribution in [2.45, 2.75) is 19.8 Å². The lowest BCUT2D eigenvalue weighted by molar-refractivity contribution is 0.0950. The van der Waals surface area contributed by atoms with Crippen molar-refractivity contribution in [2.75, 3.05) is 36.4 Å². The first kappa shape index (κ1) is 18.1. The van der Waals surface area contributed by atoms with Crippen molar-refractivity contribution >= 4 is 28.7 Å². The van der Waals surface area contributed by atoms with Crippen LogP contribution in [0, 0.1) is 6.92 Å². The van der Waals surface area contributed by atoms with Crippen LogP contribution in [0.15, 0.2) is 36.5 Å². The van der Waals surface area contributed by atoms with E-state index in [9.17, 15) is 4.79 Å². The zero-order valence-corrected chi connectivity index (χ0v) is 15.9. The maximum Gasteiger partial charge on any atom is 0.271 e. The number of benzene rings is 1. The molecule has 1 saturated heterocycles. The molecule has 0 spiro atoms. The van der Waals surface area contributed by atoms with Crippen LogP contribution >= 0.6 is 0 Å². The lowest BCUT2D eigenvalue weighted by Gasteiger charge is -2.17. The quantitative estimate of drug-likeness (QED) is 0.636.